The smallest absolute Gasteiger partial charge is 0.343 e. The van der Waals surface area contributed by atoms with Crippen molar-refractivity contribution < 1.29 is 28.5 Å². The maximum Gasteiger partial charge on any atom is 0.343 e. The first kappa shape index (κ1) is 21.8. The number of esters is 1. The number of hydrogen-bond acceptors (Lipinski definition) is 6. The Morgan fingerprint density at radius 3 is 1.84 bits per heavy atom. The number of hydrogen-bond donors (Lipinski definition) is 0. The zero-order valence-electron chi connectivity index (χ0n) is 17.9. The SMILES string of the molecule is COc1cc(C=Cc2ccccc2)ccc1OC(=O)c1cc(OC)c(OC)c(OC)c1. The van der Waals surface area contributed by atoms with Crippen molar-refractivity contribution in [3.05, 3.63) is 77.4 Å². The van der Waals surface area contributed by atoms with E-state index in [9.17, 15) is 4.79 Å². The molecular weight excluding hydrogens is 396 g/mol. The molecule has 0 aliphatic carbocycles. The van der Waals surface area contributed by atoms with Gasteiger partial charge in [0.15, 0.2) is 23.0 Å². The highest BCUT2D eigenvalue weighted by Gasteiger charge is 2.19. The first-order valence-corrected chi connectivity index (χ1v) is 9.53. The lowest BCUT2D eigenvalue weighted by Gasteiger charge is -2.14. The second-order valence-corrected chi connectivity index (χ2v) is 6.46. The van der Waals surface area contributed by atoms with E-state index in [-0.39, 0.29) is 5.56 Å². The highest BCUT2D eigenvalue weighted by molar-refractivity contribution is 5.93. The van der Waals surface area contributed by atoms with Crippen LogP contribution < -0.4 is 23.7 Å². The Labute approximate surface area is 181 Å². The lowest BCUT2D eigenvalue weighted by molar-refractivity contribution is 0.0729. The molecule has 0 aliphatic rings. The predicted octanol–water partition coefficient (Wildman–Crippen LogP) is 5.11. The van der Waals surface area contributed by atoms with E-state index in [1.807, 2.05) is 48.6 Å². The number of benzene rings is 3. The second-order valence-electron chi connectivity index (χ2n) is 6.46. The van der Waals surface area contributed by atoms with Crippen LogP contribution >= 0.6 is 0 Å². The average molecular weight is 420 g/mol. The fourth-order valence-corrected chi connectivity index (χ4v) is 2.99. The van der Waals surface area contributed by atoms with Gasteiger partial charge >= 0.3 is 5.97 Å². The largest absolute Gasteiger partial charge is 0.493 e. The normalized spacial score (nSPS) is 10.6. The van der Waals surface area contributed by atoms with E-state index in [1.54, 1.807) is 12.1 Å². The van der Waals surface area contributed by atoms with Gasteiger partial charge in [-0.15, -0.1) is 0 Å². The van der Waals surface area contributed by atoms with Gasteiger partial charge in [0.2, 0.25) is 5.75 Å². The van der Waals surface area contributed by atoms with Gasteiger partial charge in [0, 0.05) is 0 Å². The summed E-state index contributed by atoms with van der Waals surface area (Å²) in [7, 11) is 5.99. The molecule has 0 radical (unpaired) electrons. The minimum atomic E-state index is -0.579. The lowest BCUT2D eigenvalue weighted by atomic mass is 10.1. The summed E-state index contributed by atoms with van der Waals surface area (Å²) >= 11 is 0. The van der Waals surface area contributed by atoms with E-state index >= 15 is 0 Å². The highest BCUT2D eigenvalue weighted by atomic mass is 16.6. The third-order valence-corrected chi connectivity index (χ3v) is 4.56. The highest BCUT2D eigenvalue weighted by Crippen LogP contribution is 2.39. The molecule has 0 bridgehead atoms. The van der Waals surface area contributed by atoms with E-state index in [1.165, 1.54) is 40.6 Å². The molecule has 0 aliphatic heterocycles. The van der Waals surface area contributed by atoms with Crippen LogP contribution in [0.25, 0.3) is 12.2 Å². The Kier molecular flexibility index (Phi) is 7.17. The van der Waals surface area contributed by atoms with Crippen molar-refractivity contribution in [1.82, 2.24) is 0 Å². The second kappa shape index (κ2) is 10.2. The minimum absolute atomic E-state index is 0.254. The molecule has 0 fully saturated rings. The van der Waals surface area contributed by atoms with Gasteiger partial charge in [0.1, 0.15) is 0 Å². The first-order chi connectivity index (χ1) is 15.1. The third kappa shape index (κ3) is 5.17. The zero-order valence-corrected chi connectivity index (χ0v) is 17.9. The van der Waals surface area contributed by atoms with Crippen molar-refractivity contribution in [2.45, 2.75) is 0 Å². The fraction of sp³-hybridized carbons (Fsp3) is 0.160. The van der Waals surface area contributed by atoms with Crippen molar-refractivity contribution in [1.29, 1.82) is 0 Å². The van der Waals surface area contributed by atoms with Gasteiger partial charge in [0.05, 0.1) is 34.0 Å². The van der Waals surface area contributed by atoms with Crippen molar-refractivity contribution in [3.63, 3.8) is 0 Å². The van der Waals surface area contributed by atoms with Gasteiger partial charge in [-0.2, -0.15) is 0 Å². The average Bonchev–Trinajstić information content (AvgIpc) is 2.82. The summed E-state index contributed by atoms with van der Waals surface area (Å²) in [5, 5.41) is 0. The summed E-state index contributed by atoms with van der Waals surface area (Å²) in [4.78, 5) is 12.8. The Morgan fingerprint density at radius 1 is 0.645 bits per heavy atom. The third-order valence-electron chi connectivity index (χ3n) is 4.56. The molecule has 3 rings (SSSR count). The molecular formula is C25H24O6. The van der Waals surface area contributed by atoms with Crippen LogP contribution in [0.15, 0.2) is 60.7 Å². The quantitative estimate of drug-likeness (QED) is 0.287. The number of methoxy groups -OCH3 is 4. The molecule has 160 valence electrons. The van der Waals surface area contributed by atoms with Crippen molar-refractivity contribution in [2.24, 2.45) is 0 Å². The van der Waals surface area contributed by atoms with Crippen molar-refractivity contribution in [3.8, 4) is 28.7 Å². The molecule has 0 saturated carbocycles. The van der Waals surface area contributed by atoms with Gasteiger partial charge in [-0.25, -0.2) is 4.79 Å². The van der Waals surface area contributed by atoms with Crippen LogP contribution in [0.2, 0.25) is 0 Å². The summed E-state index contributed by atoms with van der Waals surface area (Å²) in [6.45, 7) is 0. The summed E-state index contributed by atoms with van der Waals surface area (Å²) < 4.78 is 26.9. The van der Waals surface area contributed by atoms with Gasteiger partial charge in [-0.3, -0.25) is 0 Å². The maximum absolute atomic E-state index is 12.8. The van der Waals surface area contributed by atoms with Crippen molar-refractivity contribution in [2.75, 3.05) is 28.4 Å². The number of carbonyl (C=O) groups is 1. The number of carbonyl (C=O) groups excluding carboxylic acids is 1. The lowest BCUT2D eigenvalue weighted by Crippen LogP contribution is -2.10. The van der Waals surface area contributed by atoms with Crippen LogP contribution in [0.3, 0.4) is 0 Å². The Hall–Kier alpha value is -3.93. The molecule has 31 heavy (non-hydrogen) atoms. The van der Waals surface area contributed by atoms with Crippen LogP contribution in [0.5, 0.6) is 28.7 Å². The van der Waals surface area contributed by atoms with Crippen LogP contribution in [0.4, 0.5) is 0 Å². The van der Waals surface area contributed by atoms with Crippen molar-refractivity contribution >= 4 is 18.1 Å². The minimum Gasteiger partial charge on any atom is -0.493 e. The molecule has 0 aromatic heterocycles. The summed E-state index contributed by atoms with van der Waals surface area (Å²) in [6.07, 6.45) is 3.96. The van der Waals surface area contributed by atoms with Crippen LogP contribution in [-0.4, -0.2) is 34.4 Å². The molecule has 6 nitrogen and oxygen atoms in total. The molecule has 0 spiro atoms. The van der Waals surface area contributed by atoms with E-state index in [4.69, 9.17) is 23.7 Å². The molecule has 0 unspecified atom stereocenters. The zero-order chi connectivity index (χ0) is 22.2. The molecule has 0 amide bonds. The Bertz CT molecular complexity index is 1050. The molecule has 0 atom stereocenters. The molecule has 0 heterocycles. The standard InChI is InChI=1S/C25H24O6/c1-27-21-14-18(11-10-17-8-6-5-7-9-17)12-13-20(21)31-25(26)19-15-22(28-2)24(30-4)23(16-19)29-3/h5-16H,1-4H3. The van der Waals surface area contributed by atoms with Crippen LogP contribution in [0, 0.1) is 0 Å². The summed E-state index contributed by atoms with van der Waals surface area (Å²) in [5.41, 5.74) is 2.25. The monoisotopic (exact) mass is 420 g/mol. The van der Waals surface area contributed by atoms with E-state index < -0.39 is 5.97 Å². The fourth-order valence-electron chi connectivity index (χ4n) is 2.99. The molecule has 0 N–H and O–H groups in total. The predicted molar refractivity (Wildman–Crippen MR) is 119 cm³/mol. The maximum atomic E-state index is 12.8. The Morgan fingerprint density at radius 2 is 1.26 bits per heavy atom. The first-order valence-electron chi connectivity index (χ1n) is 9.53. The van der Waals surface area contributed by atoms with Crippen LogP contribution in [0.1, 0.15) is 21.5 Å². The van der Waals surface area contributed by atoms with E-state index in [2.05, 4.69) is 0 Å². The summed E-state index contributed by atoms with van der Waals surface area (Å²) in [6, 6.07) is 18.4. The number of rotatable bonds is 8. The van der Waals surface area contributed by atoms with Gasteiger partial charge < -0.3 is 23.7 Å². The van der Waals surface area contributed by atoms with Crippen LogP contribution in [-0.2, 0) is 0 Å². The van der Waals surface area contributed by atoms with E-state index in [0.717, 1.165) is 11.1 Å². The summed E-state index contributed by atoms with van der Waals surface area (Å²) in [5.74, 6) is 1.29. The molecule has 3 aromatic rings. The number of ether oxygens (including phenoxy) is 5. The topological polar surface area (TPSA) is 63.2 Å². The molecule has 6 heteroatoms. The van der Waals surface area contributed by atoms with Gasteiger partial charge in [0.25, 0.3) is 0 Å². The Balaban J connectivity index is 1.84. The molecule has 0 saturated heterocycles. The van der Waals surface area contributed by atoms with Gasteiger partial charge in [-0.1, -0.05) is 48.6 Å². The van der Waals surface area contributed by atoms with Gasteiger partial charge in [-0.05, 0) is 35.4 Å². The molecule has 3 aromatic carbocycles. The van der Waals surface area contributed by atoms with E-state index in [0.29, 0.717) is 28.7 Å².